The molecule has 0 atom stereocenters. The fraction of sp³-hybridized carbons (Fsp3) is 0. The molecule has 0 spiro atoms. The van der Waals surface area contributed by atoms with E-state index in [1.807, 2.05) is 0 Å². The maximum atomic E-state index is 13.6. The van der Waals surface area contributed by atoms with Crippen LogP contribution in [-0.2, 0) is 0 Å². The van der Waals surface area contributed by atoms with Crippen LogP contribution in [-0.4, -0.2) is 9.97 Å². The zero-order chi connectivity index (χ0) is 14.0. The summed E-state index contributed by atoms with van der Waals surface area (Å²) in [6.07, 6.45) is 1.47. The minimum absolute atomic E-state index is 0.00600. The number of hydrogen-bond donors (Lipinski definition) is 1. The summed E-state index contributed by atoms with van der Waals surface area (Å²) in [5.74, 6) is -2.24. The van der Waals surface area contributed by atoms with Gasteiger partial charge in [-0.05, 0) is 24.3 Å². The van der Waals surface area contributed by atoms with Gasteiger partial charge in [0.1, 0.15) is 10.7 Å². The molecule has 2 N–H and O–H groups in total. The van der Waals surface area contributed by atoms with Gasteiger partial charge in [-0.2, -0.15) is 4.39 Å². The van der Waals surface area contributed by atoms with E-state index in [0.29, 0.717) is 4.47 Å². The summed E-state index contributed by atoms with van der Waals surface area (Å²) in [4.78, 5) is 3.94. The number of thiocarbonyl (C=S) groups is 1. The van der Waals surface area contributed by atoms with E-state index in [0.717, 1.165) is 6.07 Å². The van der Waals surface area contributed by atoms with Gasteiger partial charge in [0.25, 0.3) is 0 Å². The molecule has 98 valence electrons. The van der Waals surface area contributed by atoms with E-state index in [9.17, 15) is 8.78 Å². The van der Waals surface area contributed by atoms with Crippen LogP contribution in [0.15, 0.2) is 34.9 Å². The van der Waals surface area contributed by atoms with Gasteiger partial charge in [-0.15, -0.1) is 0 Å². The Morgan fingerprint density at radius 3 is 2.74 bits per heavy atom. The SMILES string of the molecule is NC(=S)c1ncccc1Oc1cc(Br)cc(F)c1F. The number of ether oxygens (including phenoxy) is 1. The van der Waals surface area contributed by atoms with Crippen molar-refractivity contribution in [2.75, 3.05) is 0 Å². The summed E-state index contributed by atoms with van der Waals surface area (Å²) in [5, 5.41) is 0. The molecule has 0 fully saturated rings. The summed E-state index contributed by atoms with van der Waals surface area (Å²) in [6, 6.07) is 5.39. The second-order valence-electron chi connectivity index (χ2n) is 3.52. The van der Waals surface area contributed by atoms with E-state index in [1.54, 1.807) is 6.07 Å². The molecule has 0 saturated carbocycles. The first-order valence-corrected chi connectivity index (χ1v) is 6.26. The van der Waals surface area contributed by atoms with Gasteiger partial charge in [0.05, 0.1) is 0 Å². The average Bonchev–Trinajstić information content (AvgIpc) is 2.35. The Hall–Kier alpha value is -1.60. The van der Waals surface area contributed by atoms with E-state index in [2.05, 4.69) is 20.9 Å². The molecule has 2 rings (SSSR count). The van der Waals surface area contributed by atoms with Gasteiger partial charge in [0.15, 0.2) is 17.3 Å². The lowest BCUT2D eigenvalue weighted by Gasteiger charge is -2.10. The normalized spacial score (nSPS) is 10.3. The molecule has 0 saturated heterocycles. The molecule has 1 aromatic carbocycles. The van der Waals surface area contributed by atoms with Crippen LogP contribution in [0.1, 0.15) is 5.69 Å². The van der Waals surface area contributed by atoms with E-state index < -0.39 is 11.6 Å². The highest BCUT2D eigenvalue weighted by atomic mass is 79.9. The van der Waals surface area contributed by atoms with Gasteiger partial charge in [-0.25, -0.2) is 9.37 Å². The monoisotopic (exact) mass is 344 g/mol. The van der Waals surface area contributed by atoms with Gasteiger partial charge >= 0.3 is 0 Å². The zero-order valence-electron chi connectivity index (χ0n) is 9.36. The first kappa shape index (κ1) is 13.8. The van der Waals surface area contributed by atoms with Crippen molar-refractivity contribution in [3.63, 3.8) is 0 Å². The third-order valence-corrected chi connectivity index (χ3v) is 2.83. The van der Waals surface area contributed by atoms with Crippen LogP contribution in [0.4, 0.5) is 8.78 Å². The summed E-state index contributed by atoms with van der Waals surface area (Å²) in [6.45, 7) is 0. The lowest BCUT2D eigenvalue weighted by molar-refractivity contribution is 0.414. The molecule has 2 aromatic rings. The van der Waals surface area contributed by atoms with Crippen molar-refractivity contribution in [2.45, 2.75) is 0 Å². The fourth-order valence-electron chi connectivity index (χ4n) is 1.38. The van der Waals surface area contributed by atoms with Crippen LogP contribution >= 0.6 is 28.1 Å². The second-order valence-corrected chi connectivity index (χ2v) is 4.87. The highest BCUT2D eigenvalue weighted by molar-refractivity contribution is 9.10. The van der Waals surface area contributed by atoms with Crippen LogP contribution in [0, 0.1) is 11.6 Å². The van der Waals surface area contributed by atoms with Crippen molar-refractivity contribution < 1.29 is 13.5 Å². The summed E-state index contributed by atoms with van der Waals surface area (Å²) < 4.78 is 32.5. The Balaban J connectivity index is 2.45. The molecule has 0 aliphatic rings. The van der Waals surface area contributed by atoms with E-state index >= 15 is 0 Å². The predicted octanol–water partition coefficient (Wildman–Crippen LogP) is 3.55. The molecule has 19 heavy (non-hydrogen) atoms. The molecule has 0 amide bonds. The standard InChI is InChI=1S/C12H7BrF2N2OS/c13-6-4-7(14)10(15)9(5-6)18-8-2-1-3-17-11(8)12(16)19/h1-5H,(H2,16,19). The number of aromatic nitrogens is 1. The Kier molecular flexibility index (Phi) is 4.06. The van der Waals surface area contributed by atoms with E-state index in [1.165, 1.54) is 18.3 Å². The molecule has 0 aliphatic heterocycles. The first-order chi connectivity index (χ1) is 8.99. The van der Waals surface area contributed by atoms with E-state index in [-0.39, 0.29) is 22.2 Å². The maximum absolute atomic E-state index is 13.6. The molecule has 0 unspecified atom stereocenters. The summed E-state index contributed by atoms with van der Waals surface area (Å²) in [7, 11) is 0. The molecular formula is C12H7BrF2N2OS. The summed E-state index contributed by atoms with van der Waals surface area (Å²) >= 11 is 7.86. The lowest BCUT2D eigenvalue weighted by atomic mass is 10.3. The smallest absolute Gasteiger partial charge is 0.201 e. The van der Waals surface area contributed by atoms with E-state index in [4.69, 9.17) is 22.7 Å². The quantitative estimate of drug-likeness (QED) is 0.683. The Bertz CT molecular complexity index is 652. The van der Waals surface area contributed by atoms with Crippen molar-refractivity contribution in [2.24, 2.45) is 5.73 Å². The fourth-order valence-corrected chi connectivity index (χ4v) is 1.95. The zero-order valence-corrected chi connectivity index (χ0v) is 11.8. The highest BCUT2D eigenvalue weighted by Crippen LogP contribution is 2.30. The number of hydrogen-bond acceptors (Lipinski definition) is 3. The van der Waals surface area contributed by atoms with Gasteiger partial charge in [-0.3, -0.25) is 0 Å². The minimum atomic E-state index is -1.10. The Morgan fingerprint density at radius 2 is 2.05 bits per heavy atom. The van der Waals surface area contributed by atoms with Crippen molar-refractivity contribution in [3.05, 3.63) is 52.3 Å². The number of pyridine rings is 1. The van der Waals surface area contributed by atoms with Crippen LogP contribution in [0.2, 0.25) is 0 Å². The number of halogens is 3. The van der Waals surface area contributed by atoms with Gasteiger partial charge in [-0.1, -0.05) is 28.1 Å². The van der Waals surface area contributed by atoms with Crippen LogP contribution < -0.4 is 10.5 Å². The molecule has 0 aliphatic carbocycles. The molecule has 3 nitrogen and oxygen atoms in total. The Labute approximate surface area is 121 Å². The van der Waals surface area contributed by atoms with Gasteiger partial charge in [0.2, 0.25) is 5.82 Å². The number of benzene rings is 1. The molecule has 1 aromatic heterocycles. The first-order valence-electron chi connectivity index (χ1n) is 5.06. The van der Waals surface area contributed by atoms with Crippen molar-refractivity contribution >= 4 is 33.1 Å². The maximum Gasteiger partial charge on any atom is 0.201 e. The second kappa shape index (κ2) is 5.58. The molecule has 1 heterocycles. The Morgan fingerprint density at radius 1 is 1.32 bits per heavy atom. The number of nitrogens with two attached hydrogens (primary N) is 1. The van der Waals surface area contributed by atoms with Crippen LogP contribution in [0.5, 0.6) is 11.5 Å². The highest BCUT2D eigenvalue weighted by Gasteiger charge is 2.15. The number of nitrogens with zero attached hydrogens (tertiary/aromatic N) is 1. The number of rotatable bonds is 3. The largest absolute Gasteiger partial charge is 0.452 e. The van der Waals surface area contributed by atoms with Crippen LogP contribution in [0.3, 0.4) is 0 Å². The van der Waals surface area contributed by atoms with Gasteiger partial charge < -0.3 is 10.5 Å². The lowest BCUT2D eigenvalue weighted by Crippen LogP contribution is -2.12. The molecule has 0 radical (unpaired) electrons. The topological polar surface area (TPSA) is 48.1 Å². The third-order valence-electron chi connectivity index (χ3n) is 2.18. The third kappa shape index (κ3) is 3.05. The predicted molar refractivity (Wildman–Crippen MR) is 74.3 cm³/mol. The average molecular weight is 345 g/mol. The molecule has 0 bridgehead atoms. The van der Waals surface area contributed by atoms with Crippen molar-refractivity contribution in [1.29, 1.82) is 0 Å². The molecule has 7 heteroatoms. The van der Waals surface area contributed by atoms with Crippen molar-refractivity contribution in [3.8, 4) is 11.5 Å². The summed E-state index contributed by atoms with van der Waals surface area (Å²) in [5.41, 5.74) is 5.68. The minimum Gasteiger partial charge on any atom is -0.452 e. The van der Waals surface area contributed by atoms with Crippen LogP contribution in [0.25, 0.3) is 0 Å². The van der Waals surface area contributed by atoms with Gasteiger partial charge in [0, 0.05) is 10.7 Å². The molecular weight excluding hydrogens is 338 g/mol. The van der Waals surface area contributed by atoms with Crippen molar-refractivity contribution in [1.82, 2.24) is 4.98 Å².